The van der Waals surface area contributed by atoms with Gasteiger partial charge in [0.25, 0.3) is 0 Å². The molecule has 0 saturated carbocycles. The van der Waals surface area contributed by atoms with Gasteiger partial charge in [-0.15, -0.1) is 0 Å². The third kappa shape index (κ3) is 2.79. The van der Waals surface area contributed by atoms with Crippen molar-refractivity contribution in [1.82, 2.24) is 0 Å². The SMILES string of the molecule is CC(C)(/C=C/c1c(O)cc(O)c2c(=O)c3cccc(O)c3oc12)OO. The second-order valence-corrected chi connectivity index (χ2v) is 6.15. The molecule has 130 valence electrons. The molecule has 0 aliphatic heterocycles. The Morgan fingerprint density at radius 2 is 1.80 bits per heavy atom. The van der Waals surface area contributed by atoms with Gasteiger partial charge in [0.15, 0.2) is 16.9 Å². The minimum Gasteiger partial charge on any atom is -0.507 e. The van der Waals surface area contributed by atoms with Gasteiger partial charge in [-0.1, -0.05) is 6.07 Å². The summed E-state index contributed by atoms with van der Waals surface area (Å²) in [6, 6.07) is 5.34. The van der Waals surface area contributed by atoms with Gasteiger partial charge in [0.1, 0.15) is 22.5 Å². The smallest absolute Gasteiger partial charge is 0.204 e. The Morgan fingerprint density at radius 1 is 1.08 bits per heavy atom. The standard InChI is InChI=1S/C18H16O7/c1-18(2,25-23)7-6-9-12(20)8-13(21)14-15(22)10-4-3-5-11(19)16(10)24-17(9)14/h3-8,19-21,23H,1-2H3/b7-6+. The fourth-order valence-corrected chi connectivity index (χ4v) is 2.50. The predicted octanol–water partition coefficient (Wildman–Crippen LogP) is 3.34. The molecule has 0 aliphatic carbocycles. The fraction of sp³-hybridized carbons (Fsp3) is 0.167. The molecule has 7 heteroatoms. The average Bonchev–Trinajstić information content (AvgIpc) is 2.55. The second kappa shape index (κ2) is 5.80. The summed E-state index contributed by atoms with van der Waals surface area (Å²) >= 11 is 0. The highest BCUT2D eigenvalue weighted by Crippen LogP contribution is 2.37. The molecule has 25 heavy (non-hydrogen) atoms. The first-order valence-corrected chi connectivity index (χ1v) is 7.40. The van der Waals surface area contributed by atoms with E-state index < -0.39 is 16.8 Å². The van der Waals surface area contributed by atoms with Crippen molar-refractivity contribution in [3.63, 3.8) is 0 Å². The number of aromatic hydroxyl groups is 3. The van der Waals surface area contributed by atoms with Crippen LogP contribution in [0.4, 0.5) is 0 Å². The van der Waals surface area contributed by atoms with Crippen LogP contribution >= 0.6 is 0 Å². The molecule has 4 N–H and O–H groups in total. The highest BCUT2D eigenvalue weighted by atomic mass is 17.1. The van der Waals surface area contributed by atoms with E-state index in [1.54, 1.807) is 13.8 Å². The lowest BCUT2D eigenvalue weighted by atomic mass is 10.0. The van der Waals surface area contributed by atoms with Gasteiger partial charge in [0.2, 0.25) is 5.43 Å². The number of benzene rings is 2. The zero-order valence-corrected chi connectivity index (χ0v) is 13.5. The predicted molar refractivity (Wildman–Crippen MR) is 91.8 cm³/mol. The van der Waals surface area contributed by atoms with Crippen molar-refractivity contribution >= 4 is 28.0 Å². The van der Waals surface area contributed by atoms with Crippen LogP contribution in [-0.4, -0.2) is 26.2 Å². The molecule has 0 bridgehead atoms. The van der Waals surface area contributed by atoms with Crippen molar-refractivity contribution in [2.75, 3.05) is 0 Å². The number of phenols is 3. The third-order valence-corrected chi connectivity index (χ3v) is 3.83. The summed E-state index contributed by atoms with van der Waals surface area (Å²) in [5, 5.41) is 39.0. The number of hydrogen-bond donors (Lipinski definition) is 4. The van der Waals surface area contributed by atoms with Crippen molar-refractivity contribution in [2.45, 2.75) is 19.4 Å². The van der Waals surface area contributed by atoms with Gasteiger partial charge in [0, 0.05) is 6.07 Å². The molecule has 7 nitrogen and oxygen atoms in total. The lowest BCUT2D eigenvalue weighted by Gasteiger charge is -2.15. The highest BCUT2D eigenvalue weighted by molar-refractivity contribution is 5.99. The molecule has 0 unspecified atom stereocenters. The Hall–Kier alpha value is -3.03. The van der Waals surface area contributed by atoms with E-state index in [0.29, 0.717) is 0 Å². The van der Waals surface area contributed by atoms with Gasteiger partial charge >= 0.3 is 0 Å². The van der Waals surface area contributed by atoms with E-state index in [0.717, 1.165) is 6.07 Å². The van der Waals surface area contributed by atoms with Crippen LogP contribution in [0.25, 0.3) is 28.0 Å². The Morgan fingerprint density at radius 3 is 2.48 bits per heavy atom. The molecule has 2 aromatic carbocycles. The maximum Gasteiger partial charge on any atom is 0.204 e. The van der Waals surface area contributed by atoms with Gasteiger partial charge in [-0.25, -0.2) is 4.89 Å². The number of para-hydroxylation sites is 1. The quantitative estimate of drug-likeness (QED) is 0.327. The summed E-state index contributed by atoms with van der Waals surface area (Å²) in [6.07, 6.45) is 2.83. The van der Waals surface area contributed by atoms with Gasteiger partial charge in [0.05, 0.1) is 10.9 Å². The van der Waals surface area contributed by atoms with Crippen LogP contribution in [-0.2, 0) is 4.89 Å². The summed E-state index contributed by atoms with van der Waals surface area (Å²) in [5.74, 6) is -1.03. The molecular formula is C18H16O7. The van der Waals surface area contributed by atoms with E-state index in [4.69, 9.17) is 9.67 Å². The van der Waals surface area contributed by atoms with E-state index in [-0.39, 0.29) is 39.0 Å². The van der Waals surface area contributed by atoms with Crippen LogP contribution in [0.5, 0.6) is 17.2 Å². The van der Waals surface area contributed by atoms with E-state index >= 15 is 0 Å². The number of hydrogen-bond acceptors (Lipinski definition) is 7. The van der Waals surface area contributed by atoms with Crippen molar-refractivity contribution < 1.29 is 29.9 Å². The molecule has 0 amide bonds. The van der Waals surface area contributed by atoms with Crippen LogP contribution in [0.2, 0.25) is 0 Å². The number of fused-ring (bicyclic) bond motifs is 2. The van der Waals surface area contributed by atoms with Gasteiger partial charge in [-0.3, -0.25) is 10.1 Å². The number of phenolic OH excluding ortho intramolecular Hbond substituents is 3. The maximum absolute atomic E-state index is 12.7. The molecule has 1 aromatic heterocycles. The Balaban J connectivity index is 2.44. The molecule has 0 fully saturated rings. The zero-order valence-electron chi connectivity index (χ0n) is 13.5. The van der Waals surface area contributed by atoms with Crippen molar-refractivity contribution in [3.05, 3.63) is 46.1 Å². The first kappa shape index (κ1) is 16.8. The number of rotatable bonds is 3. The van der Waals surface area contributed by atoms with Gasteiger partial charge in [-0.2, -0.15) is 0 Å². The molecule has 0 radical (unpaired) electrons. The summed E-state index contributed by atoms with van der Waals surface area (Å²) in [4.78, 5) is 17.0. The molecule has 3 aromatic rings. The van der Waals surface area contributed by atoms with Gasteiger partial charge < -0.3 is 19.7 Å². The minimum atomic E-state index is -1.06. The summed E-state index contributed by atoms with van der Waals surface area (Å²) < 4.78 is 5.62. The lowest BCUT2D eigenvalue weighted by Crippen LogP contribution is -2.18. The third-order valence-electron chi connectivity index (χ3n) is 3.83. The molecular weight excluding hydrogens is 328 g/mol. The Labute approximate surface area is 141 Å². The highest BCUT2D eigenvalue weighted by Gasteiger charge is 2.20. The maximum atomic E-state index is 12.7. The van der Waals surface area contributed by atoms with Crippen LogP contribution < -0.4 is 5.43 Å². The molecule has 0 aliphatic rings. The van der Waals surface area contributed by atoms with Crippen LogP contribution in [0.15, 0.2) is 39.6 Å². The Bertz CT molecular complexity index is 1060. The van der Waals surface area contributed by atoms with E-state index in [1.807, 2.05) is 0 Å². The fourth-order valence-electron chi connectivity index (χ4n) is 2.50. The zero-order chi connectivity index (χ0) is 18.4. The monoisotopic (exact) mass is 344 g/mol. The van der Waals surface area contributed by atoms with Crippen LogP contribution in [0, 0.1) is 0 Å². The molecule has 3 rings (SSSR count). The summed E-state index contributed by atoms with van der Waals surface area (Å²) in [6.45, 7) is 3.14. The Kier molecular flexibility index (Phi) is 3.90. The largest absolute Gasteiger partial charge is 0.507 e. The van der Waals surface area contributed by atoms with Crippen molar-refractivity contribution in [2.24, 2.45) is 0 Å². The second-order valence-electron chi connectivity index (χ2n) is 6.15. The molecule has 0 spiro atoms. The first-order chi connectivity index (χ1) is 11.7. The van der Waals surface area contributed by atoms with Crippen molar-refractivity contribution in [1.29, 1.82) is 0 Å². The molecule has 0 atom stereocenters. The average molecular weight is 344 g/mol. The normalized spacial score (nSPS) is 12.4. The lowest BCUT2D eigenvalue weighted by molar-refractivity contribution is -0.296. The first-order valence-electron chi connectivity index (χ1n) is 7.40. The van der Waals surface area contributed by atoms with Crippen molar-refractivity contribution in [3.8, 4) is 17.2 Å². The summed E-state index contributed by atoms with van der Waals surface area (Å²) in [5.41, 5.74) is -1.66. The molecule has 1 heterocycles. The van der Waals surface area contributed by atoms with E-state index in [2.05, 4.69) is 4.89 Å². The summed E-state index contributed by atoms with van der Waals surface area (Å²) in [7, 11) is 0. The van der Waals surface area contributed by atoms with Crippen LogP contribution in [0.3, 0.4) is 0 Å². The molecule has 0 saturated heterocycles. The van der Waals surface area contributed by atoms with Crippen LogP contribution in [0.1, 0.15) is 19.4 Å². The van der Waals surface area contributed by atoms with E-state index in [9.17, 15) is 20.1 Å². The minimum absolute atomic E-state index is 0.0580. The topological polar surface area (TPSA) is 120 Å². The van der Waals surface area contributed by atoms with Gasteiger partial charge in [-0.05, 0) is 38.1 Å². The van der Waals surface area contributed by atoms with E-state index in [1.165, 1.54) is 30.4 Å².